The zero-order valence-corrected chi connectivity index (χ0v) is 9.47. The molecular weight excluding hydrogens is 202 g/mol. The van der Waals surface area contributed by atoms with Gasteiger partial charge in [-0.3, -0.25) is 0 Å². The van der Waals surface area contributed by atoms with Crippen LogP contribution in [0.25, 0.3) is 5.69 Å². The number of anilines is 1. The zero-order chi connectivity index (χ0) is 11.5. The van der Waals surface area contributed by atoms with E-state index in [0.29, 0.717) is 12.3 Å². The highest BCUT2D eigenvalue weighted by atomic mass is 16.5. The predicted molar refractivity (Wildman–Crippen MR) is 63.9 cm³/mol. The van der Waals surface area contributed by atoms with Gasteiger partial charge in [-0.1, -0.05) is 0 Å². The molecule has 4 heteroatoms. The maximum atomic E-state index is 5.75. The molecule has 0 aliphatic heterocycles. The second-order valence-corrected chi connectivity index (χ2v) is 3.54. The topological polar surface area (TPSA) is 53.1 Å². The standard InChI is InChI=1S/C12H15N3O/c1-3-16-11-6-4-10(5-7-11)15-8-12(13)9(2)14-15/h4-8H,3,13H2,1-2H3. The van der Waals surface area contributed by atoms with Gasteiger partial charge in [0.2, 0.25) is 0 Å². The van der Waals surface area contributed by atoms with Gasteiger partial charge < -0.3 is 10.5 Å². The molecule has 16 heavy (non-hydrogen) atoms. The van der Waals surface area contributed by atoms with Crippen molar-refractivity contribution in [2.24, 2.45) is 0 Å². The van der Waals surface area contributed by atoms with E-state index in [-0.39, 0.29) is 0 Å². The maximum absolute atomic E-state index is 5.75. The van der Waals surface area contributed by atoms with Crippen molar-refractivity contribution in [3.8, 4) is 11.4 Å². The van der Waals surface area contributed by atoms with Gasteiger partial charge in [-0.2, -0.15) is 5.10 Å². The molecule has 0 bridgehead atoms. The van der Waals surface area contributed by atoms with Crippen molar-refractivity contribution in [2.45, 2.75) is 13.8 Å². The lowest BCUT2D eigenvalue weighted by atomic mass is 10.3. The summed E-state index contributed by atoms with van der Waals surface area (Å²) in [5.74, 6) is 0.864. The van der Waals surface area contributed by atoms with E-state index in [1.165, 1.54) is 0 Å². The zero-order valence-electron chi connectivity index (χ0n) is 9.47. The molecule has 1 heterocycles. The van der Waals surface area contributed by atoms with Gasteiger partial charge in [-0.05, 0) is 38.1 Å². The van der Waals surface area contributed by atoms with Gasteiger partial charge in [-0.15, -0.1) is 0 Å². The third-order valence-electron chi connectivity index (χ3n) is 2.35. The van der Waals surface area contributed by atoms with E-state index in [0.717, 1.165) is 17.1 Å². The van der Waals surface area contributed by atoms with Gasteiger partial charge in [0.05, 0.1) is 29.9 Å². The van der Waals surface area contributed by atoms with Crippen molar-refractivity contribution in [1.29, 1.82) is 0 Å². The summed E-state index contributed by atoms with van der Waals surface area (Å²) in [7, 11) is 0. The average molecular weight is 217 g/mol. The average Bonchev–Trinajstić information content (AvgIpc) is 2.61. The first-order valence-electron chi connectivity index (χ1n) is 5.25. The van der Waals surface area contributed by atoms with Crippen LogP contribution in [-0.2, 0) is 0 Å². The summed E-state index contributed by atoms with van der Waals surface area (Å²) in [5.41, 5.74) is 8.27. The minimum atomic E-state index is 0.674. The Balaban J connectivity index is 2.27. The van der Waals surface area contributed by atoms with Gasteiger partial charge in [0, 0.05) is 0 Å². The molecule has 0 fully saturated rings. The summed E-state index contributed by atoms with van der Waals surface area (Å²) in [6, 6.07) is 7.76. The Labute approximate surface area is 94.6 Å². The third kappa shape index (κ3) is 2.00. The smallest absolute Gasteiger partial charge is 0.119 e. The summed E-state index contributed by atoms with van der Waals surface area (Å²) in [6.45, 7) is 4.53. The maximum Gasteiger partial charge on any atom is 0.119 e. The number of nitrogen functional groups attached to an aromatic ring is 1. The number of benzene rings is 1. The van der Waals surface area contributed by atoms with Crippen LogP contribution in [0.15, 0.2) is 30.5 Å². The summed E-state index contributed by atoms with van der Waals surface area (Å²) in [5, 5.41) is 4.31. The van der Waals surface area contributed by atoms with E-state index in [9.17, 15) is 0 Å². The fourth-order valence-corrected chi connectivity index (χ4v) is 1.47. The highest BCUT2D eigenvalue weighted by Crippen LogP contribution is 2.17. The van der Waals surface area contributed by atoms with Crippen LogP contribution >= 0.6 is 0 Å². The number of ether oxygens (including phenoxy) is 1. The Hall–Kier alpha value is -1.97. The number of nitrogens with two attached hydrogens (primary N) is 1. The van der Waals surface area contributed by atoms with Crippen LogP contribution < -0.4 is 10.5 Å². The molecule has 0 radical (unpaired) electrons. The highest BCUT2D eigenvalue weighted by Gasteiger charge is 2.02. The van der Waals surface area contributed by atoms with Gasteiger partial charge >= 0.3 is 0 Å². The Morgan fingerprint density at radius 2 is 2.00 bits per heavy atom. The molecule has 1 aromatic heterocycles. The second kappa shape index (κ2) is 4.26. The second-order valence-electron chi connectivity index (χ2n) is 3.54. The Bertz CT molecular complexity index is 454. The molecule has 0 aliphatic carbocycles. The van der Waals surface area contributed by atoms with Crippen LogP contribution in [0, 0.1) is 6.92 Å². The predicted octanol–water partition coefficient (Wildman–Crippen LogP) is 2.16. The molecule has 0 atom stereocenters. The van der Waals surface area contributed by atoms with Crippen molar-refractivity contribution in [3.63, 3.8) is 0 Å². The van der Waals surface area contributed by atoms with Gasteiger partial charge in [0.1, 0.15) is 5.75 Å². The van der Waals surface area contributed by atoms with Crippen LogP contribution in [0.4, 0.5) is 5.69 Å². The summed E-state index contributed by atoms with van der Waals surface area (Å²) < 4.78 is 7.14. The highest BCUT2D eigenvalue weighted by molar-refractivity contribution is 5.44. The third-order valence-corrected chi connectivity index (χ3v) is 2.35. The van der Waals surface area contributed by atoms with Crippen LogP contribution in [0.3, 0.4) is 0 Å². The van der Waals surface area contributed by atoms with Crippen LogP contribution in [0.2, 0.25) is 0 Å². The number of aromatic nitrogens is 2. The lowest BCUT2D eigenvalue weighted by molar-refractivity contribution is 0.340. The SMILES string of the molecule is CCOc1ccc(-n2cc(N)c(C)n2)cc1. The summed E-state index contributed by atoms with van der Waals surface area (Å²) in [4.78, 5) is 0. The first-order chi connectivity index (χ1) is 7.70. The van der Waals surface area contributed by atoms with E-state index in [1.54, 1.807) is 4.68 Å². The number of hydrogen-bond donors (Lipinski definition) is 1. The number of rotatable bonds is 3. The van der Waals surface area contributed by atoms with Crippen LogP contribution in [-0.4, -0.2) is 16.4 Å². The van der Waals surface area contributed by atoms with Crippen molar-refractivity contribution < 1.29 is 4.74 Å². The summed E-state index contributed by atoms with van der Waals surface area (Å²) >= 11 is 0. The molecule has 0 amide bonds. The first kappa shape index (κ1) is 10.5. The monoisotopic (exact) mass is 217 g/mol. The number of aryl methyl sites for hydroxylation is 1. The molecule has 2 aromatic rings. The van der Waals surface area contributed by atoms with Gasteiger partial charge in [0.25, 0.3) is 0 Å². The van der Waals surface area contributed by atoms with E-state index >= 15 is 0 Å². The molecule has 84 valence electrons. The number of nitrogens with zero attached hydrogens (tertiary/aromatic N) is 2. The molecule has 0 saturated heterocycles. The quantitative estimate of drug-likeness (QED) is 0.857. The molecule has 2 rings (SSSR count). The van der Waals surface area contributed by atoms with Crippen molar-refractivity contribution in [3.05, 3.63) is 36.2 Å². The Morgan fingerprint density at radius 3 is 2.50 bits per heavy atom. The minimum Gasteiger partial charge on any atom is -0.494 e. The van der Waals surface area contributed by atoms with Crippen LogP contribution in [0.5, 0.6) is 5.75 Å². The van der Waals surface area contributed by atoms with Crippen molar-refractivity contribution in [2.75, 3.05) is 12.3 Å². The first-order valence-corrected chi connectivity index (χ1v) is 5.25. The van der Waals surface area contributed by atoms with Crippen LogP contribution in [0.1, 0.15) is 12.6 Å². The largest absolute Gasteiger partial charge is 0.494 e. The molecule has 2 N–H and O–H groups in total. The van der Waals surface area contributed by atoms with Gasteiger partial charge in [0.15, 0.2) is 0 Å². The van der Waals surface area contributed by atoms with E-state index in [1.807, 2.05) is 44.3 Å². The summed E-state index contributed by atoms with van der Waals surface area (Å²) in [6.07, 6.45) is 1.81. The lowest BCUT2D eigenvalue weighted by Gasteiger charge is -2.04. The van der Waals surface area contributed by atoms with Gasteiger partial charge in [-0.25, -0.2) is 4.68 Å². The lowest BCUT2D eigenvalue weighted by Crippen LogP contribution is -1.96. The van der Waals surface area contributed by atoms with E-state index in [4.69, 9.17) is 10.5 Å². The van der Waals surface area contributed by atoms with E-state index < -0.39 is 0 Å². The molecule has 4 nitrogen and oxygen atoms in total. The van der Waals surface area contributed by atoms with Crippen molar-refractivity contribution in [1.82, 2.24) is 9.78 Å². The minimum absolute atomic E-state index is 0.674. The molecular formula is C12H15N3O. The van der Waals surface area contributed by atoms with E-state index in [2.05, 4.69) is 5.10 Å². The Morgan fingerprint density at radius 1 is 1.31 bits per heavy atom. The molecule has 0 saturated carbocycles. The normalized spacial score (nSPS) is 10.4. The molecule has 0 spiro atoms. The molecule has 0 unspecified atom stereocenters. The molecule has 0 aliphatic rings. The molecule has 1 aromatic carbocycles. The Kier molecular flexibility index (Phi) is 2.81. The van der Waals surface area contributed by atoms with Crippen molar-refractivity contribution >= 4 is 5.69 Å². The fraction of sp³-hybridized carbons (Fsp3) is 0.250. The fourth-order valence-electron chi connectivity index (χ4n) is 1.47. The number of hydrogen-bond acceptors (Lipinski definition) is 3.